The topological polar surface area (TPSA) is 60.4 Å². The summed E-state index contributed by atoms with van der Waals surface area (Å²) in [5.41, 5.74) is 4.32. The SMILES string of the molecule is COC(=O)c1ccc([C@@H]2Oc3ccc(Cl)cc3[C@@H]3CC(c4cccc(OC)c4)=NN32)cc1. The molecule has 0 spiro atoms. The molecule has 2 atom stereocenters. The van der Waals surface area contributed by atoms with Crippen molar-refractivity contribution in [1.82, 2.24) is 5.01 Å². The van der Waals surface area contributed by atoms with Crippen molar-refractivity contribution in [3.63, 3.8) is 0 Å². The highest BCUT2D eigenvalue weighted by atomic mass is 35.5. The standard InChI is InChI=1S/C25H21ClN2O4/c1-30-19-5-3-4-17(12-19)21-14-22-20-13-18(26)10-11-23(20)32-24(28(22)27-21)15-6-8-16(9-7-15)25(29)31-2/h3-13,22,24H,14H2,1-2H3/t22-,24-/m0/s1. The van der Waals surface area contributed by atoms with Gasteiger partial charge < -0.3 is 14.2 Å². The summed E-state index contributed by atoms with van der Waals surface area (Å²) < 4.78 is 16.6. The Balaban J connectivity index is 1.56. The van der Waals surface area contributed by atoms with E-state index in [0.717, 1.165) is 33.9 Å². The van der Waals surface area contributed by atoms with Gasteiger partial charge in [0.15, 0.2) is 0 Å². The van der Waals surface area contributed by atoms with Crippen LogP contribution in [0.25, 0.3) is 0 Å². The fraction of sp³-hybridized carbons (Fsp3) is 0.200. The van der Waals surface area contributed by atoms with Gasteiger partial charge in [-0.2, -0.15) is 5.10 Å². The van der Waals surface area contributed by atoms with E-state index >= 15 is 0 Å². The Morgan fingerprint density at radius 3 is 2.66 bits per heavy atom. The van der Waals surface area contributed by atoms with Crippen LogP contribution >= 0.6 is 11.6 Å². The number of hydrogen-bond donors (Lipinski definition) is 0. The van der Waals surface area contributed by atoms with Gasteiger partial charge in [0.25, 0.3) is 0 Å². The molecule has 3 aromatic carbocycles. The molecule has 0 N–H and O–H groups in total. The van der Waals surface area contributed by atoms with E-state index in [0.29, 0.717) is 17.0 Å². The van der Waals surface area contributed by atoms with Crippen LogP contribution in [-0.4, -0.2) is 30.9 Å². The van der Waals surface area contributed by atoms with Gasteiger partial charge in [0.05, 0.1) is 31.5 Å². The molecule has 0 aliphatic carbocycles. The van der Waals surface area contributed by atoms with Crippen molar-refractivity contribution in [1.29, 1.82) is 0 Å². The average Bonchev–Trinajstić information content (AvgIpc) is 3.29. The number of benzene rings is 3. The van der Waals surface area contributed by atoms with Gasteiger partial charge in [-0.05, 0) is 42.5 Å². The van der Waals surface area contributed by atoms with Crippen LogP contribution < -0.4 is 9.47 Å². The van der Waals surface area contributed by atoms with Crippen molar-refractivity contribution >= 4 is 23.3 Å². The first-order valence-electron chi connectivity index (χ1n) is 10.2. The van der Waals surface area contributed by atoms with E-state index in [2.05, 4.69) is 0 Å². The molecule has 5 rings (SSSR count). The molecule has 2 aliphatic rings. The minimum Gasteiger partial charge on any atom is -0.497 e. The number of methoxy groups -OCH3 is 2. The van der Waals surface area contributed by atoms with Gasteiger partial charge in [-0.1, -0.05) is 35.9 Å². The molecule has 0 amide bonds. The predicted molar refractivity (Wildman–Crippen MR) is 121 cm³/mol. The largest absolute Gasteiger partial charge is 0.497 e. The van der Waals surface area contributed by atoms with Gasteiger partial charge in [0.2, 0.25) is 6.23 Å². The van der Waals surface area contributed by atoms with E-state index in [1.165, 1.54) is 7.11 Å². The third-order valence-corrected chi connectivity index (χ3v) is 6.01. The van der Waals surface area contributed by atoms with Gasteiger partial charge in [-0.25, -0.2) is 9.80 Å². The first-order chi connectivity index (χ1) is 15.6. The highest BCUT2D eigenvalue weighted by Crippen LogP contribution is 2.48. The summed E-state index contributed by atoms with van der Waals surface area (Å²) in [6.07, 6.45) is 0.268. The zero-order valence-electron chi connectivity index (χ0n) is 17.6. The molecular formula is C25H21ClN2O4. The molecular weight excluding hydrogens is 428 g/mol. The van der Waals surface area contributed by atoms with E-state index in [-0.39, 0.29) is 12.0 Å². The lowest BCUT2D eigenvalue weighted by atomic mass is 9.95. The number of ether oxygens (including phenoxy) is 3. The van der Waals surface area contributed by atoms with Crippen molar-refractivity contribution in [2.75, 3.05) is 14.2 Å². The van der Waals surface area contributed by atoms with Gasteiger partial charge in [-0.15, -0.1) is 0 Å². The summed E-state index contributed by atoms with van der Waals surface area (Å²) in [6.45, 7) is 0. The minimum absolute atomic E-state index is 0.0241. The maximum atomic E-state index is 11.8. The lowest BCUT2D eigenvalue weighted by Gasteiger charge is -2.38. The van der Waals surface area contributed by atoms with Crippen LogP contribution in [-0.2, 0) is 4.74 Å². The molecule has 0 radical (unpaired) electrons. The molecule has 6 nitrogen and oxygen atoms in total. The summed E-state index contributed by atoms with van der Waals surface area (Å²) in [6, 6.07) is 20.7. The van der Waals surface area contributed by atoms with Gasteiger partial charge >= 0.3 is 5.97 Å². The lowest BCUT2D eigenvalue weighted by molar-refractivity contribution is -0.0190. The number of hydrogen-bond acceptors (Lipinski definition) is 6. The summed E-state index contributed by atoms with van der Waals surface area (Å²) in [7, 11) is 3.02. The Labute approximate surface area is 191 Å². The van der Waals surface area contributed by atoms with Crippen LogP contribution in [0.5, 0.6) is 11.5 Å². The average molecular weight is 449 g/mol. The molecule has 0 saturated carbocycles. The smallest absolute Gasteiger partial charge is 0.337 e. The second kappa shape index (κ2) is 8.20. The molecule has 3 aromatic rings. The van der Waals surface area contributed by atoms with Crippen molar-refractivity contribution in [2.24, 2.45) is 5.10 Å². The van der Waals surface area contributed by atoms with E-state index in [1.807, 2.05) is 59.6 Å². The number of carbonyl (C=O) groups excluding carboxylic acids is 1. The zero-order valence-corrected chi connectivity index (χ0v) is 18.4. The maximum absolute atomic E-state index is 11.8. The summed E-state index contributed by atoms with van der Waals surface area (Å²) in [5, 5.41) is 7.58. The van der Waals surface area contributed by atoms with Crippen LogP contribution in [0.3, 0.4) is 0 Å². The normalized spacial score (nSPS) is 18.8. The van der Waals surface area contributed by atoms with Gasteiger partial charge in [0, 0.05) is 28.1 Å². The molecule has 0 saturated heterocycles. The zero-order chi connectivity index (χ0) is 22.2. The third kappa shape index (κ3) is 3.56. The number of esters is 1. The predicted octanol–water partition coefficient (Wildman–Crippen LogP) is 5.38. The van der Waals surface area contributed by atoms with Gasteiger partial charge in [0.1, 0.15) is 11.5 Å². The molecule has 0 aromatic heterocycles. The van der Waals surface area contributed by atoms with E-state index < -0.39 is 6.23 Å². The second-order valence-corrected chi connectivity index (χ2v) is 8.08. The molecule has 7 heteroatoms. The number of hydrazone groups is 1. The number of carbonyl (C=O) groups is 1. The van der Waals surface area contributed by atoms with Crippen LogP contribution in [0.1, 0.15) is 45.7 Å². The Bertz CT molecular complexity index is 1210. The van der Waals surface area contributed by atoms with Crippen LogP contribution in [0.4, 0.5) is 0 Å². The fourth-order valence-electron chi connectivity index (χ4n) is 4.16. The molecule has 2 aliphatic heterocycles. The Hall–Kier alpha value is -3.51. The lowest BCUT2D eigenvalue weighted by Crippen LogP contribution is -2.33. The first-order valence-corrected chi connectivity index (χ1v) is 10.6. The van der Waals surface area contributed by atoms with Gasteiger partial charge in [-0.3, -0.25) is 0 Å². The molecule has 0 bridgehead atoms. The van der Waals surface area contributed by atoms with Crippen molar-refractivity contribution in [2.45, 2.75) is 18.7 Å². The van der Waals surface area contributed by atoms with Crippen LogP contribution in [0.2, 0.25) is 5.02 Å². The molecule has 32 heavy (non-hydrogen) atoms. The molecule has 2 heterocycles. The quantitative estimate of drug-likeness (QED) is 0.501. The Morgan fingerprint density at radius 2 is 1.91 bits per heavy atom. The van der Waals surface area contributed by atoms with Crippen molar-refractivity contribution in [3.05, 3.63) is 94.0 Å². The molecule has 162 valence electrons. The highest BCUT2D eigenvalue weighted by Gasteiger charge is 2.41. The summed E-state index contributed by atoms with van der Waals surface area (Å²) >= 11 is 6.30. The monoisotopic (exact) mass is 448 g/mol. The maximum Gasteiger partial charge on any atom is 0.337 e. The summed E-state index contributed by atoms with van der Waals surface area (Å²) in [4.78, 5) is 11.8. The number of nitrogens with zero attached hydrogens (tertiary/aromatic N) is 2. The van der Waals surface area contributed by atoms with Crippen LogP contribution in [0, 0.1) is 0 Å². The van der Waals surface area contributed by atoms with E-state index in [4.69, 9.17) is 30.9 Å². The Morgan fingerprint density at radius 1 is 1.09 bits per heavy atom. The third-order valence-electron chi connectivity index (χ3n) is 5.77. The van der Waals surface area contributed by atoms with Crippen molar-refractivity contribution < 1.29 is 19.0 Å². The highest BCUT2D eigenvalue weighted by molar-refractivity contribution is 6.30. The van der Waals surface area contributed by atoms with E-state index in [9.17, 15) is 4.79 Å². The molecule has 0 unspecified atom stereocenters. The van der Waals surface area contributed by atoms with Crippen LogP contribution in [0.15, 0.2) is 71.8 Å². The number of fused-ring (bicyclic) bond motifs is 3. The van der Waals surface area contributed by atoms with Crippen molar-refractivity contribution in [3.8, 4) is 11.5 Å². The Kier molecular flexibility index (Phi) is 5.23. The first kappa shape index (κ1) is 20.4. The summed E-state index contributed by atoms with van der Waals surface area (Å²) in [5.74, 6) is 1.18. The molecule has 0 fully saturated rings. The van der Waals surface area contributed by atoms with E-state index in [1.54, 1.807) is 19.2 Å². The number of halogens is 1. The fourth-order valence-corrected chi connectivity index (χ4v) is 4.34. The number of rotatable bonds is 4. The second-order valence-electron chi connectivity index (χ2n) is 7.64. The minimum atomic E-state index is -0.441.